The van der Waals surface area contributed by atoms with Crippen LogP contribution in [0.15, 0.2) is 30.3 Å². The van der Waals surface area contributed by atoms with Gasteiger partial charge in [-0.15, -0.1) is 0 Å². The first-order valence-corrected chi connectivity index (χ1v) is 5.93. The molecular weight excluding hydrogens is 287 g/mol. The summed E-state index contributed by atoms with van der Waals surface area (Å²) < 4.78 is 18.7. The number of nitrogens with two attached hydrogens (primary N) is 1. The fourth-order valence-electron chi connectivity index (χ4n) is 1.65. The van der Waals surface area contributed by atoms with Crippen molar-refractivity contribution in [2.24, 2.45) is 0 Å². The second kappa shape index (κ2) is 5.34. The Morgan fingerprint density at radius 2 is 2.00 bits per heavy atom. The molecule has 0 atom stereocenters. The predicted molar refractivity (Wildman–Crippen MR) is 73.7 cm³/mol. The van der Waals surface area contributed by atoms with Crippen molar-refractivity contribution in [1.29, 1.82) is 0 Å². The zero-order valence-corrected chi connectivity index (χ0v) is 11.1. The number of anilines is 1. The van der Waals surface area contributed by atoms with Gasteiger partial charge in [0.25, 0.3) is 0 Å². The highest BCUT2D eigenvalue weighted by Crippen LogP contribution is 2.36. The number of hydrogen-bond donors (Lipinski definition) is 1. The smallest absolute Gasteiger partial charge is 0.314 e. The van der Waals surface area contributed by atoms with Crippen LogP contribution in [0.2, 0.25) is 5.02 Å². The molecular formula is C13H10ClFN2O3. The molecule has 20 heavy (non-hydrogen) atoms. The molecule has 0 saturated heterocycles. The minimum Gasteiger partial charge on any atom is -0.450 e. The molecule has 0 saturated carbocycles. The molecule has 2 aromatic rings. The highest BCUT2D eigenvalue weighted by molar-refractivity contribution is 6.31. The number of nitro benzene ring substituents is 1. The van der Waals surface area contributed by atoms with Crippen LogP contribution < -0.4 is 10.5 Å². The summed E-state index contributed by atoms with van der Waals surface area (Å²) in [5, 5.41) is 10.7. The van der Waals surface area contributed by atoms with E-state index in [1.54, 1.807) is 25.1 Å². The van der Waals surface area contributed by atoms with Gasteiger partial charge in [0.05, 0.1) is 16.0 Å². The highest BCUT2D eigenvalue weighted by atomic mass is 35.5. The van der Waals surface area contributed by atoms with E-state index in [-0.39, 0.29) is 10.8 Å². The average molecular weight is 297 g/mol. The Morgan fingerprint density at radius 1 is 1.30 bits per heavy atom. The number of ether oxygens (including phenoxy) is 1. The van der Waals surface area contributed by atoms with Crippen molar-refractivity contribution in [3.8, 4) is 11.5 Å². The lowest BCUT2D eigenvalue weighted by Gasteiger charge is -2.10. The van der Waals surface area contributed by atoms with Crippen LogP contribution in [0.4, 0.5) is 15.8 Å². The molecule has 0 aliphatic carbocycles. The largest absolute Gasteiger partial charge is 0.450 e. The first-order valence-electron chi connectivity index (χ1n) is 5.56. The highest BCUT2D eigenvalue weighted by Gasteiger charge is 2.20. The summed E-state index contributed by atoms with van der Waals surface area (Å²) in [6.07, 6.45) is 0. The Bertz CT molecular complexity index is 692. The van der Waals surface area contributed by atoms with E-state index in [4.69, 9.17) is 22.1 Å². The van der Waals surface area contributed by atoms with Crippen LogP contribution in [0, 0.1) is 22.9 Å². The van der Waals surface area contributed by atoms with Gasteiger partial charge in [0.15, 0.2) is 0 Å². The summed E-state index contributed by atoms with van der Waals surface area (Å²) in [6, 6.07) is 6.63. The van der Waals surface area contributed by atoms with Crippen molar-refractivity contribution in [2.75, 3.05) is 5.73 Å². The van der Waals surface area contributed by atoms with E-state index in [1.165, 1.54) is 0 Å². The summed E-state index contributed by atoms with van der Waals surface area (Å²) in [5.74, 6) is -0.626. The zero-order chi connectivity index (χ0) is 14.9. The molecule has 0 radical (unpaired) electrons. The van der Waals surface area contributed by atoms with Crippen molar-refractivity contribution >= 4 is 23.0 Å². The van der Waals surface area contributed by atoms with E-state index in [2.05, 4.69) is 0 Å². The first kappa shape index (κ1) is 14.1. The van der Waals surface area contributed by atoms with Crippen LogP contribution >= 0.6 is 11.6 Å². The van der Waals surface area contributed by atoms with Gasteiger partial charge in [-0.25, -0.2) is 4.39 Å². The first-order chi connectivity index (χ1) is 9.38. The number of nitro groups is 1. The number of nitrogens with zero attached hydrogens (tertiary/aromatic N) is 1. The van der Waals surface area contributed by atoms with E-state index in [9.17, 15) is 14.5 Å². The topological polar surface area (TPSA) is 78.4 Å². The van der Waals surface area contributed by atoms with Gasteiger partial charge in [-0.3, -0.25) is 10.1 Å². The van der Waals surface area contributed by atoms with Gasteiger partial charge >= 0.3 is 5.69 Å². The lowest BCUT2D eigenvalue weighted by molar-refractivity contribution is -0.385. The normalized spacial score (nSPS) is 10.3. The standard InChI is InChI=1S/C13H10ClFN2O3/c1-7-4-8(16)2-3-12(7)20-13-5-9(14)10(15)6-11(13)17(18)19/h2-6H,16H2,1H3. The summed E-state index contributed by atoms with van der Waals surface area (Å²) in [7, 11) is 0. The molecule has 0 amide bonds. The summed E-state index contributed by atoms with van der Waals surface area (Å²) >= 11 is 5.62. The van der Waals surface area contributed by atoms with Crippen LogP contribution in [0.1, 0.15) is 5.56 Å². The number of rotatable bonds is 3. The Labute approximate surface area is 118 Å². The quantitative estimate of drug-likeness (QED) is 0.526. The maximum atomic E-state index is 13.3. The van der Waals surface area contributed by atoms with Crippen LogP contribution in [0.3, 0.4) is 0 Å². The van der Waals surface area contributed by atoms with Gasteiger partial charge in [0.1, 0.15) is 11.6 Å². The van der Waals surface area contributed by atoms with Crippen LogP contribution in [0.25, 0.3) is 0 Å². The molecule has 0 aromatic heterocycles. The minimum absolute atomic E-state index is 0.130. The molecule has 0 bridgehead atoms. The number of hydrogen-bond acceptors (Lipinski definition) is 4. The number of halogens is 2. The van der Waals surface area contributed by atoms with Crippen LogP contribution in [-0.4, -0.2) is 4.92 Å². The molecule has 7 heteroatoms. The third-order valence-corrected chi connectivity index (χ3v) is 2.91. The van der Waals surface area contributed by atoms with Gasteiger partial charge in [0, 0.05) is 11.8 Å². The Balaban J connectivity index is 2.47. The maximum Gasteiger partial charge on any atom is 0.314 e. The van der Waals surface area contributed by atoms with Crippen LogP contribution in [0.5, 0.6) is 11.5 Å². The summed E-state index contributed by atoms with van der Waals surface area (Å²) in [5.41, 5.74) is 6.35. The molecule has 0 fully saturated rings. The molecule has 2 rings (SSSR count). The van der Waals surface area contributed by atoms with E-state index >= 15 is 0 Å². The molecule has 104 valence electrons. The van der Waals surface area contributed by atoms with E-state index in [1.807, 2.05) is 0 Å². The van der Waals surface area contributed by atoms with Crippen molar-refractivity contribution in [3.63, 3.8) is 0 Å². The van der Waals surface area contributed by atoms with Crippen molar-refractivity contribution < 1.29 is 14.1 Å². The minimum atomic E-state index is -0.875. The molecule has 5 nitrogen and oxygen atoms in total. The second-order valence-corrected chi connectivity index (χ2v) is 4.53. The fourth-order valence-corrected chi connectivity index (χ4v) is 1.80. The summed E-state index contributed by atoms with van der Waals surface area (Å²) in [4.78, 5) is 10.2. The SMILES string of the molecule is Cc1cc(N)ccc1Oc1cc(Cl)c(F)cc1[N+](=O)[O-]. The Hall–Kier alpha value is -2.34. The molecule has 2 aromatic carbocycles. The van der Waals surface area contributed by atoms with Crippen molar-refractivity contribution in [2.45, 2.75) is 6.92 Å². The van der Waals surface area contributed by atoms with E-state index in [0.717, 1.165) is 12.1 Å². The average Bonchev–Trinajstić information content (AvgIpc) is 2.36. The molecule has 2 N–H and O–H groups in total. The van der Waals surface area contributed by atoms with Gasteiger partial charge in [-0.05, 0) is 30.7 Å². The maximum absolute atomic E-state index is 13.3. The summed E-state index contributed by atoms with van der Waals surface area (Å²) in [6.45, 7) is 1.74. The fraction of sp³-hybridized carbons (Fsp3) is 0.0769. The molecule has 0 aliphatic heterocycles. The third kappa shape index (κ3) is 2.80. The van der Waals surface area contributed by atoms with E-state index < -0.39 is 16.4 Å². The Morgan fingerprint density at radius 3 is 2.60 bits per heavy atom. The molecule has 0 unspecified atom stereocenters. The number of benzene rings is 2. The van der Waals surface area contributed by atoms with E-state index in [0.29, 0.717) is 17.0 Å². The van der Waals surface area contributed by atoms with Crippen molar-refractivity contribution in [1.82, 2.24) is 0 Å². The second-order valence-electron chi connectivity index (χ2n) is 4.12. The number of aryl methyl sites for hydroxylation is 1. The predicted octanol–water partition coefficient (Wildman–Crippen LogP) is 4.07. The van der Waals surface area contributed by atoms with Gasteiger partial charge in [0.2, 0.25) is 5.75 Å². The van der Waals surface area contributed by atoms with Gasteiger partial charge in [-0.2, -0.15) is 0 Å². The molecule has 0 heterocycles. The van der Waals surface area contributed by atoms with Gasteiger partial charge in [-0.1, -0.05) is 11.6 Å². The number of nitrogen functional groups attached to an aromatic ring is 1. The molecule has 0 spiro atoms. The van der Waals surface area contributed by atoms with Crippen LogP contribution in [-0.2, 0) is 0 Å². The van der Waals surface area contributed by atoms with Gasteiger partial charge < -0.3 is 10.5 Å². The Kier molecular flexibility index (Phi) is 3.76. The molecule has 0 aliphatic rings. The third-order valence-electron chi connectivity index (χ3n) is 2.62. The lowest BCUT2D eigenvalue weighted by Crippen LogP contribution is -1.96. The lowest BCUT2D eigenvalue weighted by atomic mass is 10.2. The zero-order valence-electron chi connectivity index (χ0n) is 10.4. The monoisotopic (exact) mass is 296 g/mol. The van der Waals surface area contributed by atoms with Crippen molar-refractivity contribution in [3.05, 3.63) is 56.8 Å².